The number of carbonyl (C=O) groups is 1. The Labute approximate surface area is 195 Å². The zero-order valence-corrected chi connectivity index (χ0v) is 18.5. The van der Waals surface area contributed by atoms with E-state index in [1.54, 1.807) is 0 Å². The number of benzene rings is 3. The van der Waals surface area contributed by atoms with Crippen LogP contribution in [0.1, 0.15) is 17.2 Å². The highest BCUT2D eigenvalue weighted by molar-refractivity contribution is 6.33. The highest BCUT2D eigenvalue weighted by Gasteiger charge is 2.33. The Morgan fingerprint density at radius 3 is 2.21 bits per heavy atom. The highest BCUT2D eigenvalue weighted by Crippen LogP contribution is 2.32. The van der Waals surface area contributed by atoms with Crippen LogP contribution in [0.5, 0.6) is 0 Å². The summed E-state index contributed by atoms with van der Waals surface area (Å²) in [6.07, 6.45) is -4.48. The topological polar surface area (TPSA) is 35.6 Å². The lowest BCUT2D eigenvalue weighted by molar-refractivity contribution is -0.137. The van der Waals surface area contributed by atoms with Gasteiger partial charge in [-0.3, -0.25) is 9.69 Å². The molecule has 0 unspecified atom stereocenters. The quantitative estimate of drug-likeness (QED) is 0.504. The first-order valence-electron chi connectivity index (χ1n) is 10.6. The molecule has 0 bridgehead atoms. The molecule has 1 amide bonds. The van der Waals surface area contributed by atoms with Crippen molar-refractivity contribution in [3.63, 3.8) is 0 Å². The zero-order valence-electron chi connectivity index (χ0n) is 17.7. The van der Waals surface area contributed by atoms with Crippen LogP contribution in [0.3, 0.4) is 0 Å². The van der Waals surface area contributed by atoms with E-state index in [0.29, 0.717) is 31.2 Å². The lowest BCUT2D eigenvalue weighted by Crippen LogP contribution is -2.50. The number of piperazine rings is 1. The third-order valence-corrected chi connectivity index (χ3v) is 6.01. The maximum atomic E-state index is 13.3. The number of alkyl halides is 3. The van der Waals surface area contributed by atoms with Gasteiger partial charge in [-0.1, -0.05) is 60.1 Å². The van der Waals surface area contributed by atoms with E-state index < -0.39 is 17.8 Å². The summed E-state index contributed by atoms with van der Waals surface area (Å²) in [5.74, 6) is -0.369. The van der Waals surface area contributed by atoms with E-state index in [2.05, 4.69) is 10.2 Å². The Kier molecular flexibility index (Phi) is 6.91. The third-order valence-electron chi connectivity index (χ3n) is 5.69. The number of amides is 1. The molecule has 1 heterocycles. The van der Waals surface area contributed by atoms with Crippen LogP contribution in [0.4, 0.5) is 24.5 Å². The summed E-state index contributed by atoms with van der Waals surface area (Å²) in [5, 5.41) is 3.36. The second kappa shape index (κ2) is 9.85. The lowest BCUT2D eigenvalue weighted by atomic mass is 10.0. The minimum atomic E-state index is -4.48. The Balaban J connectivity index is 1.53. The predicted molar refractivity (Wildman–Crippen MR) is 124 cm³/mol. The number of halogens is 4. The van der Waals surface area contributed by atoms with Gasteiger partial charge in [0.1, 0.15) is 6.04 Å². The molecule has 1 aliphatic rings. The first kappa shape index (κ1) is 23.1. The van der Waals surface area contributed by atoms with Crippen LogP contribution >= 0.6 is 11.6 Å². The summed E-state index contributed by atoms with van der Waals surface area (Å²) in [5.41, 5.74) is 1.05. The van der Waals surface area contributed by atoms with Gasteiger partial charge in [0.15, 0.2) is 0 Å². The number of para-hydroxylation sites is 1. The molecule has 33 heavy (non-hydrogen) atoms. The van der Waals surface area contributed by atoms with Crippen molar-refractivity contribution in [3.05, 3.63) is 95.0 Å². The van der Waals surface area contributed by atoms with E-state index in [1.165, 1.54) is 12.1 Å². The fraction of sp³-hybridized carbons (Fsp3) is 0.240. The fourth-order valence-corrected chi connectivity index (χ4v) is 4.33. The first-order chi connectivity index (χ1) is 15.8. The molecule has 4 nitrogen and oxygen atoms in total. The second-order valence-corrected chi connectivity index (χ2v) is 8.26. The van der Waals surface area contributed by atoms with Crippen LogP contribution in [0.15, 0.2) is 78.9 Å². The largest absolute Gasteiger partial charge is 0.416 e. The summed E-state index contributed by atoms with van der Waals surface area (Å²) in [4.78, 5) is 17.5. The summed E-state index contributed by atoms with van der Waals surface area (Å²) in [6.45, 7) is 2.54. The number of carbonyl (C=O) groups excluding carboxylic acids is 1. The van der Waals surface area contributed by atoms with Gasteiger partial charge in [-0.15, -0.1) is 0 Å². The van der Waals surface area contributed by atoms with Crippen molar-refractivity contribution in [2.24, 2.45) is 0 Å². The maximum absolute atomic E-state index is 13.3. The molecule has 1 atom stereocenters. The Bertz CT molecular complexity index is 1100. The molecule has 0 aliphatic carbocycles. The van der Waals surface area contributed by atoms with Gasteiger partial charge in [-0.2, -0.15) is 13.2 Å². The first-order valence-corrected chi connectivity index (χ1v) is 11.0. The Morgan fingerprint density at radius 1 is 0.879 bits per heavy atom. The summed E-state index contributed by atoms with van der Waals surface area (Å²) in [7, 11) is 0. The van der Waals surface area contributed by atoms with Crippen LogP contribution < -0.4 is 10.2 Å². The van der Waals surface area contributed by atoms with E-state index in [1.807, 2.05) is 59.5 Å². The lowest BCUT2D eigenvalue weighted by Gasteiger charge is -2.40. The second-order valence-electron chi connectivity index (χ2n) is 7.86. The Morgan fingerprint density at radius 2 is 1.55 bits per heavy atom. The number of hydrogen-bond donors (Lipinski definition) is 1. The number of rotatable bonds is 5. The van der Waals surface area contributed by atoms with Crippen LogP contribution in [-0.4, -0.2) is 37.0 Å². The normalized spacial score (nSPS) is 15.8. The molecule has 3 aromatic carbocycles. The number of anilines is 2. The van der Waals surface area contributed by atoms with Crippen molar-refractivity contribution < 1.29 is 18.0 Å². The number of hydrogen-bond acceptors (Lipinski definition) is 3. The van der Waals surface area contributed by atoms with E-state index >= 15 is 0 Å². The fourth-order valence-electron chi connectivity index (χ4n) is 4.08. The summed E-state index contributed by atoms with van der Waals surface area (Å²) in [6, 6.07) is 21.0. The molecule has 0 radical (unpaired) electrons. The van der Waals surface area contributed by atoms with Crippen molar-refractivity contribution in [1.29, 1.82) is 0 Å². The average Bonchev–Trinajstić information content (AvgIpc) is 2.80. The zero-order chi connectivity index (χ0) is 23.4. The van der Waals surface area contributed by atoms with Crippen LogP contribution in [-0.2, 0) is 11.0 Å². The van der Waals surface area contributed by atoms with Gasteiger partial charge >= 0.3 is 6.18 Å². The van der Waals surface area contributed by atoms with Gasteiger partial charge < -0.3 is 10.2 Å². The van der Waals surface area contributed by atoms with Gasteiger partial charge in [0.05, 0.1) is 16.3 Å². The molecule has 1 N–H and O–H groups in total. The van der Waals surface area contributed by atoms with E-state index in [0.717, 1.165) is 23.4 Å². The van der Waals surface area contributed by atoms with E-state index in [-0.39, 0.29) is 11.6 Å². The molecule has 0 saturated carbocycles. The van der Waals surface area contributed by atoms with Gasteiger partial charge in [-0.05, 0) is 35.9 Å². The molecule has 1 fully saturated rings. The number of nitrogens with one attached hydrogen (secondary N) is 1. The highest BCUT2D eigenvalue weighted by atomic mass is 35.5. The SMILES string of the molecule is O=C(Nc1cccc(C(F)(F)F)c1)[C@H](c1ccccc1)N1CCN(c2ccccc2Cl)CC1. The minimum Gasteiger partial charge on any atom is -0.368 e. The van der Waals surface area contributed by atoms with Crippen molar-refractivity contribution >= 4 is 28.9 Å². The molecular weight excluding hydrogens is 451 g/mol. The van der Waals surface area contributed by atoms with Crippen molar-refractivity contribution in [2.45, 2.75) is 12.2 Å². The molecule has 1 saturated heterocycles. The smallest absolute Gasteiger partial charge is 0.368 e. The minimum absolute atomic E-state index is 0.116. The van der Waals surface area contributed by atoms with E-state index in [4.69, 9.17) is 11.6 Å². The summed E-state index contributed by atoms with van der Waals surface area (Å²) >= 11 is 6.34. The Hall–Kier alpha value is -3.03. The number of nitrogens with zero attached hydrogens (tertiary/aromatic N) is 2. The average molecular weight is 474 g/mol. The maximum Gasteiger partial charge on any atom is 0.416 e. The van der Waals surface area contributed by atoms with Crippen LogP contribution in [0.25, 0.3) is 0 Å². The molecule has 8 heteroatoms. The van der Waals surface area contributed by atoms with Crippen molar-refractivity contribution in [2.75, 3.05) is 36.4 Å². The van der Waals surface area contributed by atoms with Gasteiger partial charge in [-0.25, -0.2) is 0 Å². The molecule has 1 aliphatic heterocycles. The van der Waals surface area contributed by atoms with Crippen LogP contribution in [0.2, 0.25) is 5.02 Å². The van der Waals surface area contributed by atoms with Crippen molar-refractivity contribution in [3.8, 4) is 0 Å². The molecule has 172 valence electrons. The summed E-state index contributed by atoms with van der Waals surface area (Å²) < 4.78 is 39.3. The molecule has 4 rings (SSSR count). The molecular formula is C25H23ClF3N3O. The third kappa shape index (κ3) is 5.49. The van der Waals surface area contributed by atoms with Gasteiger partial charge in [0.25, 0.3) is 0 Å². The predicted octanol–water partition coefficient (Wildman–Crippen LogP) is 5.86. The van der Waals surface area contributed by atoms with Gasteiger partial charge in [0.2, 0.25) is 5.91 Å². The molecule has 3 aromatic rings. The molecule has 0 spiro atoms. The standard InChI is InChI=1S/C25H23ClF3N3O/c26-21-11-4-5-12-22(21)31-13-15-32(16-14-31)23(18-7-2-1-3-8-18)24(33)30-20-10-6-9-19(17-20)25(27,28)29/h1-12,17,23H,13-16H2,(H,30,33)/t23-/m0/s1. The molecule has 0 aromatic heterocycles. The van der Waals surface area contributed by atoms with E-state index in [9.17, 15) is 18.0 Å². The van der Waals surface area contributed by atoms with Crippen LogP contribution in [0, 0.1) is 0 Å². The van der Waals surface area contributed by atoms with Crippen molar-refractivity contribution in [1.82, 2.24) is 4.90 Å². The monoisotopic (exact) mass is 473 g/mol. The van der Waals surface area contributed by atoms with Gasteiger partial charge in [0, 0.05) is 31.9 Å².